The topological polar surface area (TPSA) is 46.5 Å². The number of para-hydroxylation sites is 1. The van der Waals surface area contributed by atoms with Gasteiger partial charge in [-0.05, 0) is 40.0 Å². The molecule has 0 saturated heterocycles. The van der Waals surface area contributed by atoms with Crippen LogP contribution < -0.4 is 0 Å². The largest absolute Gasteiger partial charge is 0.506 e. The third-order valence-corrected chi connectivity index (χ3v) is 5.13. The van der Waals surface area contributed by atoms with Crippen molar-refractivity contribution in [1.82, 2.24) is 0 Å². The van der Waals surface area contributed by atoms with Crippen molar-refractivity contribution >= 4 is 30.0 Å². The molecule has 0 bridgehead atoms. The van der Waals surface area contributed by atoms with Gasteiger partial charge >= 0.3 is 5.97 Å². The molecule has 0 spiro atoms. The lowest BCUT2D eigenvalue weighted by Crippen LogP contribution is -2.22. The van der Waals surface area contributed by atoms with E-state index in [1.54, 1.807) is 6.07 Å². The summed E-state index contributed by atoms with van der Waals surface area (Å²) in [5, 5.41) is 9.80. The average Bonchev–Trinajstić information content (AvgIpc) is 2.29. The number of halogens is 1. The number of rotatable bonds is 6. The predicted octanol–water partition coefficient (Wildman–Crippen LogP) is 3.97. The van der Waals surface area contributed by atoms with Crippen LogP contribution in [-0.2, 0) is 16.0 Å². The summed E-state index contributed by atoms with van der Waals surface area (Å²) in [5.74, 6) is 0.00928. The standard InChI is InChI=1S/C14H21BrO3Si/c1-19(2,3)10-9-18-13(16)8-7-11-5-4-6-12(15)14(11)17/h4-6,17H,7-10H2,1-3H3. The van der Waals surface area contributed by atoms with E-state index >= 15 is 0 Å². The Morgan fingerprint density at radius 1 is 1.37 bits per heavy atom. The molecule has 1 rings (SSSR count). The van der Waals surface area contributed by atoms with E-state index in [1.165, 1.54) is 0 Å². The van der Waals surface area contributed by atoms with Crippen LogP contribution >= 0.6 is 15.9 Å². The highest BCUT2D eigenvalue weighted by Gasteiger charge is 2.14. The maximum absolute atomic E-state index is 11.6. The van der Waals surface area contributed by atoms with Crippen LogP contribution in [0.5, 0.6) is 5.75 Å². The van der Waals surface area contributed by atoms with Gasteiger partial charge in [0.25, 0.3) is 0 Å². The molecule has 19 heavy (non-hydrogen) atoms. The second-order valence-corrected chi connectivity index (χ2v) is 12.3. The molecular weight excluding hydrogens is 324 g/mol. The minimum Gasteiger partial charge on any atom is -0.506 e. The van der Waals surface area contributed by atoms with E-state index in [2.05, 4.69) is 35.6 Å². The smallest absolute Gasteiger partial charge is 0.306 e. The van der Waals surface area contributed by atoms with Gasteiger partial charge in [0.05, 0.1) is 11.1 Å². The first kappa shape index (κ1) is 16.2. The fourth-order valence-electron chi connectivity index (χ4n) is 1.54. The number of hydrogen-bond donors (Lipinski definition) is 1. The number of hydrogen-bond acceptors (Lipinski definition) is 3. The molecule has 0 atom stereocenters. The number of carbonyl (C=O) groups excluding carboxylic acids is 1. The average molecular weight is 345 g/mol. The van der Waals surface area contributed by atoms with Gasteiger partial charge in [0.2, 0.25) is 0 Å². The zero-order valence-electron chi connectivity index (χ0n) is 11.7. The number of phenolic OH excluding ortho intramolecular Hbond substituents is 1. The van der Waals surface area contributed by atoms with Gasteiger partial charge in [-0.25, -0.2) is 0 Å². The summed E-state index contributed by atoms with van der Waals surface area (Å²) in [6.07, 6.45) is 0.798. The van der Waals surface area contributed by atoms with E-state index in [0.29, 0.717) is 23.9 Å². The SMILES string of the molecule is C[Si](C)(C)CCOC(=O)CCc1cccc(Br)c1O. The summed E-state index contributed by atoms with van der Waals surface area (Å²) in [6, 6.07) is 6.41. The third kappa shape index (κ3) is 6.25. The Hall–Kier alpha value is -0.813. The highest BCUT2D eigenvalue weighted by molar-refractivity contribution is 9.10. The molecule has 5 heteroatoms. The van der Waals surface area contributed by atoms with E-state index in [4.69, 9.17) is 4.74 Å². The van der Waals surface area contributed by atoms with Crippen molar-refractivity contribution in [2.75, 3.05) is 6.61 Å². The van der Waals surface area contributed by atoms with Crippen LogP contribution in [0.3, 0.4) is 0 Å². The van der Waals surface area contributed by atoms with Gasteiger partial charge in [-0.1, -0.05) is 31.8 Å². The molecule has 0 aliphatic heterocycles. The Bertz CT molecular complexity index is 441. The first-order valence-corrected chi connectivity index (χ1v) is 10.9. The van der Waals surface area contributed by atoms with E-state index in [0.717, 1.165) is 11.6 Å². The molecular formula is C14H21BrO3Si. The number of carbonyl (C=O) groups is 1. The van der Waals surface area contributed by atoms with E-state index in [1.807, 2.05) is 12.1 Å². The Morgan fingerprint density at radius 2 is 2.05 bits per heavy atom. The molecule has 106 valence electrons. The van der Waals surface area contributed by atoms with Gasteiger partial charge in [0, 0.05) is 14.5 Å². The highest BCUT2D eigenvalue weighted by atomic mass is 79.9. The summed E-state index contributed by atoms with van der Waals surface area (Å²) >= 11 is 3.26. The lowest BCUT2D eigenvalue weighted by atomic mass is 10.1. The van der Waals surface area contributed by atoms with Crippen molar-refractivity contribution < 1.29 is 14.6 Å². The molecule has 0 heterocycles. The van der Waals surface area contributed by atoms with Crippen LogP contribution in [0.15, 0.2) is 22.7 Å². The van der Waals surface area contributed by atoms with Crippen molar-refractivity contribution in [2.24, 2.45) is 0 Å². The van der Waals surface area contributed by atoms with Crippen molar-refractivity contribution in [3.63, 3.8) is 0 Å². The summed E-state index contributed by atoms with van der Waals surface area (Å²) in [6.45, 7) is 7.26. The molecule has 0 fully saturated rings. The molecule has 3 nitrogen and oxygen atoms in total. The summed E-state index contributed by atoms with van der Waals surface area (Å²) in [5.41, 5.74) is 0.761. The van der Waals surface area contributed by atoms with Crippen LogP contribution in [0.4, 0.5) is 0 Å². The van der Waals surface area contributed by atoms with Crippen LogP contribution in [-0.4, -0.2) is 25.8 Å². The first-order chi connectivity index (χ1) is 8.79. The quantitative estimate of drug-likeness (QED) is 0.627. The van der Waals surface area contributed by atoms with Gasteiger partial charge in [0.1, 0.15) is 5.75 Å². The molecule has 0 radical (unpaired) electrons. The number of aryl methyl sites for hydroxylation is 1. The summed E-state index contributed by atoms with van der Waals surface area (Å²) in [4.78, 5) is 11.6. The van der Waals surface area contributed by atoms with Gasteiger partial charge in [-0.15, -0.1) is 0 Å². The Kier molecular flexibility index (Phi) is 6.07. The van der Waals surface area contributed by atoms with Crippen LogP contribution in [0.2, 0.25) is 25.7 Å². The van der Waals surface area contributed by atoms with Crippen molar-refractivity contribution in [2.45, 2.75) is 38.5 Å². The van der Waals surface area contributed by atoms with Crippen LogP contribution in [0.1, 0.15) is 12.0 Å². The molecule has 0 amide bonds. The minimum absolute atomic E-state index is 0.197. The van der Waals surface area contributed by atoms with Crippen molar-refractivity contribution in [3.05, 3.63) is 28.2 Å². The molecule has 0 aliphatic rings. The van der Waals surface area contributed by atoms with Gasteiger partial charge in [0.15, 0.2) is 0 Å². The second kappa shape index (κ2) is 7.10. The van der Waals surface area contributed by atoms with Gasteiger partial charge < -0.3 is 9.84 Å². The lowest BCUT2D eigenvalue weighted by Gasteiger charge is -2.15. The maximum atomic E-state index is 11.6. The number of benzene rings is 1. The third-order valence-electron chi connectivity index (χ3n) is 2.78. The maximum Gasteiger partial charge on any atom is 0.306 e. The fourth-order valence-corrected chi connectivity index (χ4v) is 2.66. The number of phenols is 1. The summed E-state index contributed by atoms with van der Waals surface area (Å²) < 4.78 is 5.86. The zero-order valence-corrected chi connectivity index (χ0v) is 14.3. The normalized spacial score (nSPS) is 11.4. The number of aromatic hydroxyl groups is 1. The Balaban J connectivity index is 2.36. The van der Waals surface area contributed by atoms with Crippen LogP contribution in [0, 0.1) is 0 Å². The van der Waals surface area contributed by atoms with Gasteiger partial charge in [-0.2, -0.15) is 0 Å². The van der Waals surface area contributed by atoms with Crippen molar-refractivity contribution in [3.8, 4) is 5.75 Å². The van der Waals surface area contributed by atoms with Crippen molar-refractivity contribution in [1.29, 1.82) is 0 Å². The second-order valence-electron chi connectivity index (χ2n) is 5.78. The Morgan fingerprint density at radius 3 is 2.68 bits per heavy atom. The molecule has 0 aromatic heterocycles. The minimum atomic E-state index is -1.15. The summed E-state index contributed by atoms with van der Waals surface area (Å²) in [7, 11) is -1.15. The molecule has 1 N–H and O–H groups in total. The first-order valence-electron chi connectivity index (χ1n) is 6.41. The predicted molar refractivity (Wildman–Crippen MR) is 83.2 cm³/mol. The van der Waals surface area contributed by atoms with E-state index in [9.17, 15) is 9.90 Å². The van der Waals surface area contributed by atoms with Crippen LogP contribution in [0.25, 0.3) is 0 Å². The molecule has 0 unspecified atom stereocenters. The molecule has 0 saturated carbocycles. The molecule has 1 aromatic rings. The lowest BCUT2D eigenvalue weighted by molar-refractivity contribution is -0.143. The monoisotopic (exact) mass is 344 g/mol. The van der Waals surface area contributed by atoms with E-state index < -0.39 is 8.07 Å². The zero-order chi connectivity index (χ0) is 14.5. The Labute approximate surface area is 124 Å². The fraction of sp³-hybridized carbons (Fsp3) is 0.500. The van der Waals surface area contributed by atoms with E-state index in [-0.39, 0.29) is 11.7 Å². The highest BCUT2D eigenvalue weighted by Crippen LogP contribution is 2.28. The van der Waals surface area contributed by atoms with Gasteiger partial charge in [-0.3, -0.25) is 4.79 Å². The number of esters is 1. The molecule has 1 aromatic carbocycles. The molecule has 0 aliphatic carbocycles. The number of ether oxygens (including phenoxy) is 1.